The Balaban J connectivity index is 2.18. The van der Waals surface area contributed by atoms with E-state index in [9.17, 15) is 4.79 Å². The molecule has 0 saturated heterocycles. The van der Waals surface area contributed by atoms with E-state index in [0.717, 1.165) is 8.26 Å². The lowest BCUT2D eigenvalue weighted by atomic mass is 10.1. The molecular weight excluding hydrogens is 398 g/mol. The highest BCUT2D eigenvalue weighted by molar-refractivity contribution is 9.13. The summed E-state index contributed by atoms with van der Waals surface area (Å²) in [5.41, 5.74) is -0.697. The van der Waals surface area contributed by atoms with Gasteiger partial charge in [-0.1, -0.05) is 5.16 Å². The first-order valence-electron chi connectivity index (χ1n) is 5.38. The zero-order chi connectivity index (χ0) is 14.2. The molecular formula is C11H11Br2N3O2S. The molecule has 1 amide bonds. The summed E-state index contributed by atoms with van der Waals surface area (Å²) in [6, 6.07) is 1.77. The lowest BCUT2D eigenvalue weighted by Crippen LogP contribution is -2.41. The Labute approximate surface area is 131 Å². The smallest absolute Gasteiger partial charge is 0.262 e. The summed E-state index contributed by atoms with van der Waals surface area (Å²) in [6.45, 7) is 5.36. The van der Waals surface area contributed by atoms with Crippen LogP contribution in [-0.4, -0.2) is 16.0 Å². The molecule has 102 valence electrons. The van der Waals surface area contributed by atoms with Gasteiger partial charge in [0.15, 0.2) is 5.82 Å². The molecule has 0 bridgehead atoms. The number of thiophene rings is 1. The van der Waals surface area contributed by atoms with Gasteiger partial charge in [0, 0.05) is 11.4 Å². The van der Waals surface area contributed by atoms with Crippen molar-refractivity contribution in [1.29, 1.82) is 0 Å². The first-order valence-corrected chi connectivity index (χ1v) is 7.78. The number of nitrogens with one attached hydrogen (secondary N) is 1. The lowest BCUT2D eigenvalue weighted by molar-refractivity contribution is 0.0911. The number of aryl methyl sites for hydroxylation is 1. The molecule has 2 heterocycles. The van der Waals surface area contributed by atoms with Crippen molar-refractivity contribution in [2.45, 2.75) is 26.3 Å². The zero-order valence-electron chi connectivity index (χ0n) is 10.5. The van der Waals surface area contributed by atoms with Crippen LogP contribution in [0.4, 0.5) is 0 Å². The average molecular weight is 409 g/mol. The summed E-state index contributed by atoms with van der Waals surface area (Å²) < 4.78 is 6.67. The van der Waals surface area contributed by atoms with Gasteiger partial charge in [0.05, 0.1) is 14.2 Å². The van der Waals surface area contributed by atoms with Crippen LogP contribution >= 0.6 is 43.2 Å². The minimum Gasteiger partial charge on any atom is -0.340 e. The van der Waals surface area contributed by atoms with Crippen LogP contribution in [0.25, 0.3) is 0 Å². The molecule has 0 atom stereocenters. The number of hydrogen-bond donors (Lipinski definition) is 1. The van der Waals surface area contributed by atoms with Crippen molar-refractivity contribution in [2.24, 2.45) is 0 Å². The topological polar surface area (TPSA) is 68.0 Å². The van der Waals surface area contributed by atoms with E-state index in [-0.39, 0.29) is 5.91 Å². The van der Waals surface area contributed by atoms with Crippen molar-refractivity contribution in [1.82, 2.24) is 15.5 Å². The molecule has 0 fully saturated rings. The Bertz CT molecular complexity index is 602. The van der Waals surface area contributed by atoms with Gasteiger partial charge in [-0.2, -0.15) is 4.98 Å². The molecule has 19 heavy (non-hydrogen) atoms. The number of aromatic nitrogens is 2. The van der Waals surface area contributed by atoms with E-state index >= 15 is 0 Å². The van der Waals surface area contributed by atoms with E-state index in [1.165, 1.54) is 11.3 Å². The van der Waals surface area contributed by atoms with E-state index in [4.69, 9.17) is 4.52 Å². The highest BCUT2D eigenvalue weighted by Gasteiger charge is 2.29. The maximum absolute atomic E-state index is 12.2. The van der Waals surface area contributed by atoms with E-state index in [1.807, 2.05) is 13.8 Å². The maximum atomic E-state index is 12.2. The predicted octanol–water partition coefficient (Wildman–Crippen LogP) is 3.63. The molecule has 2 aromatic heterocycles. The summed E-state index contributed by atoms with van der Waals surface area (Å²) in [7, 11) is 0. The van der Waals surface area contributed by atoms with Crippen LogP contribution in [0.1, 0.15) is 35.2 Å². The Morgan fingerprint density at radius 1 is 1.47 bits per heavy atom. The highest BCUT2D eigenvalue weighted by atomic mass is 79.9. The standard InChI is InChI=1S/C11H11Br2N3O2S/c1-5-14-10(16-18-5)11(2,3)15-9(17)7-4-6(12)8(13)19-7/h4H,1-3H3,(H,15,17). The second-order valence-electron chi connectivity index (χ2n) is 4.45. The molecule has 8 heteroatoms. The Hall–Kier alpha value is -0.730. The van der Waals surface area contributed by atoms with Crippen molar-refractivity contribution < 1.29 is 9.32 Å². The molecule has 0 radical (unpaired) electrons. The summed E-state index contributed by atoms with van der Waals surface area (Å²) in [6.07, 6.45) is 0. The quantitative estimate of drug-likeness (QED) is 0.841. The van der Waals surface area contributed by atoms with Gasteiger partial charge in [0.25, 0.3) is 5.91 Å². The molecule has 0 spiro atoms. The third kappa shape index (κ3) is 3.24. The van der Waals surface area contributed by atoms with Crippen LogP contribution in [0, 0.1) is 6.92 Å². The largest absolute Gasteiger partial charge is 0.340 e. The number of hydrogen-bond acceptors (Lipinski definition) is 5. The Morgan fingerprint density at radius 2 is 2.16 bits per heavy atom. The molecule has 2 aromatic rings. The fourth-order valence-corrected chi connectivity index (χ4v) is 3.34. The third-order valence-corrected chi connectivity index (χ3v) is 5.64. The molecule has 0 aromatic carbocycles. The number of amides is 1. The molecule has 0 aliphatic carbocycles. The number of carbonyl (C=O) groups is 1. The number of carbonyl (C=O) groups excluding carboxylic acids is 1. The summed E-state index contributed by atoms with van der Waals surface area (Å²) in [4.78, 5) is 16.9. The fourth-order valence-electron chi connectivity index (χ4n) is 1.41. The van der Waals surface area contributed by atoms with Crippen molar-refractivity contribution in [3.63, 3.8) is 0 Å². The highest BCUT2D eigenvalue weighted by Crippen LogP contribution is 2.32. The second kappa shape index (κ2) is 5.34. The first kappa shape index (κ1) is 14.7. The number of halogens is 2. The molecule has 0 aliphatic heterocycles. The van der Waals surface area contributed by atoms with E-state index in [1.54, 1.807) is 13.0 Å². The predicted molar refractivity (Wildman–Crippen MR) is 79.2 cm³/mol. The SMILES string of the molecule is Cc1nc(C(C)(C)NC(=O)c2cc(Br)c(Br)s2)no1. The van der Waals surface area contributed by atoms with Gasteiger partial charge in [-0.15, -0.1) is 11.3 Å². The maximum Gasteiger partial charge on any atom is 0.262 e. The molecule has 2 rings (SSSR count). The fraction of sp³-hybridized carbons (Fsp3) is 0.364. The molecule has 1 N–H and O–H groups in total. The van der Waals surface area contributed by atoms with Crippen LogP contribution < -0.4 is 5.32 Å². The zero-order valence-corrected chi connectivity index (χ0v) is 14.4. The van der Waals surface area contributed by atoms with Gasteiger partial charge in [-0.05, 0) is 51.8 Å². The van der Waals surface area contributed by atoms with Gasteiger partial charge in [-0.25, -0.2) is 0 Å². The van der Waals surface area contributed by atoms with Gasteiger partial charge < -0.3 is 9.84 Å². The molecule has 0 unspecified atom stereocenters. The minimum absolute atomic E-state index is 0.177. The number of nitrogens with zero attached hydrogens (tertiary/aromatic N) is 2. The summed E-state index contributed by atoms with van der Waals surface area (Å²) in [5, 5.41) is 6.73. The van der Waals surface area contributed by atoms with Gasteiger partial charge >= 0.3 is 0 Å². The van der Waals surface area contributed by atoms with Crippen LogP contribution in [0.15, 0.2) is 18.8 Å². The van der Waals surface area contributed by atoms with Gasteiger partial charge in [0.1, 0.15) is 0 Å². The van der Waals surface area contributed by atoms with Crippen LogP contribution in [0.3, 0.4) is 0 Å². The monoisotopic (exact) mass is 407 g/mol. The van der Waals surface area contributed by atoms with Crippen molar-refractivity contribution in [2.75, 3.05) is 0 Å². The van der Waals surface area contributed by atoms with Crippen LogP contribution in [0.5, 0.6) is 0 Å². The second-order valence-corrected chi connectivity index (χ2v) is 7.67. The van der Waals surface area contributed by atoms with E-state index in [2.05, 4.69) is 47.3 Å². The van der Waals surface area contributed by atoms with Gasteiger partial charge in [0.2, 0.25) is 5.89 Å². The van der Waals surface area contributed by atoms with Crippen molar-refractivity contribution >= 4 is 49.1 Å². The number of rotatable bonds is 3. The van der Waals surface area contributed by atoms with Crippen molar-refractivity contribution in [3.05, 3.63) is 30.9 Å². The Kier molecular flexibility index (Phi) is 4.12. The molecule has 0 aliphatic rings. The van der Waals surface area contributed by atoms with Crippen LogP contribution in [-0.2, 0) is 5.54 Å². The molecule has 5 nitrogen and oxygen atoms in total. The summed E-state index contributed by atoms with van der Waals surface area (Å²) in [5.74, 6) is 0.746. The normalized spacial score (nSPS) is 11.6. The van der Waals surface area contributed by atoms with E-state index in [0.29, 0.717) is 16.6 Å². The van der Waals surface area contributed by atoms with E-state index < -0.39 is 5.54 Å². The third-order valence-electron chi connectivity index (χ3n) is 2.38. The van der Waals surface area contributed by atoms with Crippen molar-refractivity contribution in [3.8, 4) is 0 Å². The summed E-state index contributed by atoms with van der Waals surface area (Å²) >= 11 is 8.08. The average Bonchev–Trinajstić information content (AvgIpc) is 2.86. The minimum atomic E-state index is -0.697. The van der Waals surface area contributed by atoms with Gasteiger partial charge in [-0.3, -0.25) is 4.79 Å². The first-order chi connectivity index (χ1) is 8.79. The Morgan fingerprint density at radius 3 is 2.63 bits per heavy atom. The van der Waals surface area contributed by atoms with Crippen LogP contribution in [0.2, 0.25) is 0 Å². The molecule has 0 saturated carbocycles. The lowest BCUT2D eigenvalue weighted by Gasteiger charge is -2.21.